The van der Waals surface area contributed by atoms with Gasteiger partial charge in [-0.15, -0.1) is 0 Å². The molecule has 0 aliphatic carbocycles. The van der Waals surface area contributed by atoms with Gasteiger partial charge < -0.3 is 15.5 Å². The molecule has 0 aromatic rings. The monoisotopic (exact) mass is 254 g/mol. The van der Waals surface area contributed by atoms with Crippen LogP contribution in [0.15, 0.2) is 0 Å². The summed E-state index contributed by atoms with van der Waals surface area (Å²) in [5, 5.41) is 7.58. The lowest BCUT2D eigenvalue weighted by Crippen LogP contribution is -2.40. The van der Waals surface area contributed by atoms with Crippen molar-refractivity contribution in [2.45, 2.75) is 33.1 Å². The molecule has 0 saturated carbocycles. The van der Waals surface area contributed by atoms with Crippen LogP contribution in [0.1, 0.15) is 33.1 Å². The molecule has 1 saturated heterocycles. The highest BCUT2D eigenvalue weighted by Crippen LogP contribution is 2.23. The minimum atomic E-state index is -0.152. The van der Waals surface area contributed by atoms with Gasteiger partial charge in [0.25, 0.3) is 0 Å². The first kappa shape index (κ1) is 15.4. The van der Waals surface area contributed by atoms with Crippen molar-refractivity contribution in [2.75, 3.05) is 40.3 Å². The first-order chi connectivity index (χ1) is 8.31. The van der Waals surface area contributed by atoms with Gasteiger partial charge in [0.15, 0.2) is 0 Å². The van der Waals surface area contributed by atoms with Gasteiger partial charge in [-0.1, -0.05) is 13.8 Å². The summed E-state index contributed by atoms with van der Waals surface area (Å²) in [5.41, 5.74) is 5.47. The fraction of sp³-hybridized carbons (Fsp3) is 0.929. The largest absolute Gasteiger partial charge is 0.387 e. The zero-order chi connectivity index (χ0) is 13.8. The minimum Gasteiger partial charge on any atom is -0.387 e. The molecule has 106 valence electrons. The van der Waals surface area contributed by atoms with E-state index in [0.717, 1.165) is 18.9 Å². The van der Waals surface area contributed by atoms with Crippen LogP contribution in [0, 0.1) is 16.7 Å². The Balaban J connectivity index is 2.26. The van der Waals surface area contributed by atoms with Gasteiger partial charge in [0.05, 0.1) is 5.84 Å². The molecule has 4 heteroatoms. The molecule has 1 fully saturated rings. The molecule has 0 atom stereocenters. The molecule has 1 aliphatic heterocycles. The molecule has 1 rings (SSSR count). The molecular formula is C14H30N4. The van der Waals surface area contributed by atoms with Crippen LogP contribution < -0.4 is 5.73 Å². The Bertz CT molecular complexity index is 265. The third kappa shape index (κ3) is 4.94. The van der Waals surface area contributed by atoms with Crippen molar-refractivity contribution in [3.63, 3.8) is 0 Å². The van der Waals surface area contributed by atoms with Crippen molar-refractivity contribution < 1.29 is 0 Å². The predicted octanol–water partition coefficient (Wildman–Crippen LogP) is 1.61. The number of rotatable bonds is 6. The second-order valence-electron chi connectivity index (χ2n) is 6.59. The molecule has 0 bridgehead atoms. The van der Waals surface area contributed by atoms with Crippen LogP contribution in [-0.2, 0) is 0 Å². The van der Waals surface area contributed by atoms with Crippen molar-refractivity contribution in [1.29, 1.82) is 5.41 Å². The topological polar surface area (TPSA) is 56.4 Å². The zero-order valence-corrected chi connectivity index (χ0v) is 12.5. The Morgan fingerprint density at radius 3 is 2.33 bits per heavy atom. The summed E-state index contributed by atoms with van der Waals surface area (Å²) in [6, 6.07) is 0. The van der Waals surface area contributed by atoms with Gasteiger partial charge >= 0.3 is 0 Å². The highest BCUT2D eigenvalue weighted by molar-refractivity contribution is 5.82. The van der Waals surface area contributed by atoms with Gasteiger partial charge in [-0.2, -0.15) is 0 Å². The van der Waals surface area contributed by atoms with Crippen molar-refractivity contribution in [1.82, 2.24) is 9.80 Å². The molecule has 0 amide bonds. The number of nitrogens with two attached hydrogens (primary N) is 1. The van der Waals surface area contributed by atoms with Gasteiger partial charge in [0, 0.05) is 12.0 Å². The standard InChI is InChI=1S/C14H30N4/c1-14(2,13(15)16)7-10-18-8-5-12(6-9-18)11-17(3)4/h12H,5-11H2,1-4H3,(H3,15,16). The molecule has 0 aromatic heterocycles. The van der Waals surface area contributed by atoms with E-state index in [1.54, 1.807) is 0 Å². The molecule has 1 aliphatic rings. The maximum absolute atomic E-state index is 7.58. The molecule has 1 heterocycles. The molecule has 0 spiro atoms. The minimum absolute atomic E-state index is 0.152. The second-order valence-corrected chi connectivity index (χ2v) is 6.59. The van der Waals surface area contributed by atoms with Crippen LogP contribution in [-0.4, -0.2) is 55.9 Å². The van der Waals surface area contributed by atoms with E-state index in [9.17, 15) is 0 Å². The number of nitrogens with zero attached hydrogens (tertiary/aromatic N) is 2. The van der Waals surface area contributed by atoms with E-state index >= 15 is 0 Å². The number of amidine groups is 1. The fourth-order valence-electron chi connectivity index (χ4n) is 2.48. The maximum Gasteiger partial charge on any atom is 0.0963 e. The normalized spacial score (nSPS) is 19.4. The molecule has 0 unspecified atom stereocenters. The lowest BCUT2D eigenvalue weighted by molar-refractivity contribution is 0.153. The maximum atomic E-state index is 7.58. The highest BCUT2D eigenvalue weighted by Gasteiger charge is 2.24. The Hall–Kier alpha value is -0.610. The lowest BCUT2D eigenvalue weighted by Gasteiger charge is -2.35. The first-order valence-corrected chi connectivity index (χ1v) is 7.03. The van der Waals surface area contributed by atoms with Gasteiger partial charge in [0.2, 0.25) is 0 Å². The van der Waals surface area contributed by atoms with Crippen LogP contribution in [0.25, 0.3) is 0 Å². The Morgan fingerprint density at radius 2 is 1.89 bits per heavy atom. The third-order valence-corrected chi connectivity index (χ3v) is 4.11. The van der Waals surface area contributed by atoms with Crippen LogP contribution in [0.2, 0.25) is 0 Å². The van der Waals surface area contributed by atoms with Crippen molar-refractivity contribution in [3.8, 4) is 0 Å². The van der Waals surface area contributed by atoms with E-state index in [-0.39, 0.29) is 5.41 Å². The summed E-state index contributed by atoms with van der Waals surface area (Å²) in [7, 11) is 4.31. The van der Waals surface area contributed by atoms with Gasteiger partial charge in [-0.05, 0) is 58.9 Å². The molecule has 3 N–H and O–H groups in total. The zero-order valence-electron chi connectivity index (χ0n) is 12.5. The van der Waals surface area contributed by atoms with E-state index in [1.807, 2.05) is 0 Å². The van der Waals surface area contributed by atoms with E-state index < -0.39 is 0 Å². The predicted molar refractivity (Wildman–Crippen MR) is 78.0 cm³/mol. The van der Waals surface area contributed by atoms with Crippen LogP contribution >= 0.6 is 0 Å². The van der Waals surface area contributed by atoms with E-state index in [0.29, 0.717) is 5.84 Å². The Kier molecular flexibility index (Phi) is 5.60. The van der Waals surface area contributed by atoms with Crippen LogP contribution in [0.3, 0.4) is 0 Å². The van der Waals surface area contributed by atoms with Gasteiger partial charge in [-0.3, -0.25) is 5.41 Å². The summed E-state index contributed by atoms with van der Waals surface area (Å²) in [6.45, 7) is 8.81. The average molecular weight is 254 g/mol. The van der Waals surface area contributed by atoms with Crippen molar-refractivity contribution in [2.24, 2.45) is 17.1 Å². The summed E-state index contributed by atoms with van der Waals surface area (Å²) in [6.07, 6.45) is 3.60. The number of nitrogens with one attached hydrogen (secondary N) is 1. The van der Waals surface area contributed by atoms with Crippen molar-refractivity contribution >= 4 is 5.84 Å². The van der Waals surface area contributed by atoms with E-state index in [2.05, 4.69) is 37.7 Å². The highest BCUT2D eigenvalue weighted by atomic mass is 15.1. The molecule has 18 heavy (non-hydrogen) atoms. The number of hydrogen-bond donors (Lipinski definition) is 2. The second kappa shape index (κ2) is 6.53. The van der Waals surface area contributed by atoms with E-state index in [4.69, 9.17) is 11.1 Å². The van der Waals surface area contributed by atoms with Crippen LogP contribution in [0.5, 0.6) is 0 Å². The van der Waals surface area contributed by atoms with Crippen molar-refractivity contribution in [3.05, 3.63) is 0 Å². The molecule has 0 aromatic carbocycles. The molecular weight excluding hydrogens is 224 g/mol. The first-order valence-electron chi connectivity index (χ1n) is 7.03. The number of hydrogen-bond acceptors (Lipinski definition) is 3. The average Bonchev–Trinajstić information content (AvgIpc) is 2.27. The van der Waals surface area contributed by atoms with Crippen LogP contribution in [0.4, 0.5) is 0 Å². The summed E-state index contributed by atoms with van der Waals surface area (Å²) in [4.78, 5) is 4.82. The summed E-state index contributed by atoms with van der Waals surface area (Å²) < 4.78 is 0. The Labute approximate surface area is 112 Å². The third-order valence-electron chi connectivity index (χ3n) is 4.11. The molecule has 0 radical (unpaired) electrons. The van der Waals surface area contributed by atoms with E-state index in [1.165, 1.54) is 32.5 Å². The summed E-state index contributed by atoms with van der Waals surface area (Å²) >= 11 is 0. The van der Waals surface area contributed by atoms with Gasteiger partial charge in [0.1, 0.15) is 0 Å². The number of piperidine rings is 1. The smallest absolute Gasteiger partial charge is 0.0963 e. The quantitative estimate of drug-likeness (QED) is 0.559. The molecule has 4 nitrogen and oxygen atoms in total. The van der Waals surface area contributed by atoms with Gasteiger partial charge in [-0.25, -0.2) is 0 Å². The fourth-order valence-corrected chi connectivity index (χ4v) is 2.48. The summed E-state index contributed by atoms with van der Waals surface area (Å²) in [5.74, 6) is 1.17. The SMILES string of the molecule is CN(C)CC1CCN(CCC(C)(C)C(=N)N)CC1. The lowest BCUT2D eigenvalue weighted by atomic mass is 9.87. The number of likely N-dealkylation sites (tertiary alicyclic amines) is 1. The Morgan fingerprint density at radius 1 is 1.33 bits per heavy atom.